The van der Waals surface area contributed by atoms with Crippen LogP contribution in [-0.4, -0.2) is 20.4 Å². The Morgan fingerprint density at radius 3 is 2.67 bits per heavy atom. The van der Waals surface area contributed by atoms with E-state index in [1.54, 1.807) is 7.11 Å². The first-order chi connectivity index (χ1) is 14.8. The van der Waals surface area contributed by atoms with Crippen LogP contribution in [0, 0.1) is 0 Å². The molecule has 30 heavy (non-hydrogen) atoms. The molecular weight excluding hydrogens is 378 g/mol. The Morgan fingerprint density at radius 1 is 1.00 bits per heavy atom. The van der Waals surface area contributed by atoms with E-state index in [2.05, 4.69) is 35.6 Å². The monoisotopic (exact) mass is 403 g/mol. The smallest absolute Gasteiger partial charge is 0.231 e. The highest BCUT2D eigenvalue weighted by Crippen LogP contribution is 2.40. The van der Waals surface area contributed by atoms with Crippen LogP contribution in [0.5, 0.6) is 23.0 Å². The third-order valence-corrected chi connectivity index (χ3v) is 5.73. The lowest BCUT2D eigenvalue weighted by Gasteiger charge is -2.28. The Morgan fingerprint density at radius 2 is 1.83 bits per heavy atom. The van der Waals surface area contributed by atoms with Crippen molar-refractivity contribution in [2.75, 3.05) is 20.4 Å². The zero-order valence-electron chi connectivity index (χ0n) is 17.0. The summed E-state index contributed by atoms with van der Waals surface area (Å²) in [7, 11) is 1.68. The molecule has 1 unspecified atom stereocenters. The number of fused-ring (bicyclic) bond motifs is 2. The van der Waals surface area contributed by atoms with Gasteiger partial charge in [-0.15, -0.1) is 0 Å². The molecule has 3 aromatic carbocycles. The predicted octanol–water partition coefficient (Wildman–Crippen LogP) is 4.43. The minimum absolute atomic E-state index is 0.175. The molecule has 5 nitrogen and oxygen atoms in total. The van der Waals surface area contributed by atoms with Crippen molar-refractivity contribution >= 4 is 0 Å². The van der Waals surface area contributed by atoms with Crippen molar-refractivity contribution in [2.45, 2.75) is 25.5 Å². The number of methoxy groups -OCH3 is 1. The second-order valence-electron chi connectivity index (χ2n) is 7.59. The SMILES string of the molecule is COc1cccc(CC2NCCc3cc4c(cc32)OCO4)c1OCc1ccccc1. The van der Waals surface area contributed by atoms with Gasteiger partial charge < -0.3 is 24.3 Å². The first-order valence-electron chi connectivity index (χ1n) is 10.3. The van der Waals surface area contributed by atoms with E-state index in [-0.39, 0.29) is 6.04 Å². The van der Waals surface area contributed by atoms with Crippen LogP contribution in [0.15, 0.2) is 60.7 Å². The molecular formula is C25H25NO4. The van der Waals surface area contributed by atoms with E-state index in [4.69, 9.17) is 18.9 Å². The maximum absolute atomic E-state index is 6.25. The van der Waals surface area contributed by atoms with Gasteiger partial charge in [0, 0.05) is 6.04 Å². The van der Waals surface area contributed by atoms with E-state index in [0.29, 0.717) is 13.4 Å². The van der Waals surface area contributed by atoms with Crippen LogP contribution in [0.1, 0.15) is 28.3 Å². The van der Waals surface area contributed by atoms with Gasteiger partial charge in [-0.1, -0.05) is 42.5 Å². The summed E-state index contributed by atoms with van der Waals surface area (Å²) >= 11 is 0. The Balaban J connectivity index is 1.43. The lowest BCUT2D eigenvalue weighted by molar-refractivity contribution is 0.174. The number of para-hydroxylation sites is 1. The number of hydrogen-bond acceptors (Lipinski definition) is 5. The van der Waals surface area contributed by atoms with Crippen molar-refractivity contribution in [2.24, 2.45) is 0 Å². The molecule has 5 rings (SSSR count). The van der Waals surface area contributed by atoms with Gasteiger partial charge in [0.05, 0.1) is 7.11 Å². The molecule has 0 saturated carbocycles. The number of benzene rings is 3. The molecule has 1 N–H and O–H groups in total. The third kappa shape index (κ3) is 3.68. The topological polar surface area (TPSA) is 49.0 Å². The van der Waals surface area contributed by atoms with Gasteiger partial charge in [-0.2, -0.15) is 0 Å². The summed E-state index contributed by atoms with van der Waals surface area (Å²) in [5.74, 6) is 3.24. The zero-order chi connectivity index (χ0) is 20.3. The standard InChI is InChI=1S/C25H25NO4/c1-27-22-9-5-8-19(25(22)28-15-17-6-3-2-4-7-17)12-21-20-14-24-23(29-16-30-24)13-18(20)10-11-26-21/h2-9,13-14,21,26H,10-12,15-16H2,1H3. The molecule has 0 fully saturated rings. The molecule has 5 heteroatoms. The fraction of sp³-hybridized carbons (Fsp3) is 0.280. The molecule has 154 valence electrons. The van der Waals surface area contributed by atoms with Crippen LogP contribution >= 0.6 is 0 Å². The van der Waals surface area contributed by atoms with Gasteiger partial charge in [-0.25, -0.2) is 0 Å². The molecule has 3 aromatic rings. The van der Waals surface area contributed by atoms with Gasteiger partial charge in [0.15, 0.2) is 23.0 Å². The van der Waals surface area contributed by atoms with Gasteiger partial charge >= 0.3 is 0 Å². The molecule has 0 bridgehead atoms. The number of hydrogen-bond donors (Lipinski definition) is 1. The molecule has 0 spiro atoms. The minimum Gasteiger partial charge on any atom is -0.493 e. The quantitative estimate of drug-likeness (QED) is 0.660. The maximum Gasteiger partial charge on any atom is 0.231 e. The van der Waals surface area contributed by atoms with E-state index in [1.165, 1.54) is 11.1 Å². The molecule has 0 aromatic heterocycles. The number of rotatable bonds is 6. The highest BCUT2D eigenvalue weighted by Gasteiger charge is 2.26. The molecule has 1 atom stereocenters. The van der Waals surface area contributed by atoms with E-state index in [1.807, 2.05) is 30.3 Å². The van der Waals surface area contributed by atoms with Gasteiger partial charge in [-0.3, -0.25) is 0 Å². The lowest BCUT2D eigenvalue weighted by atomic mass is 9.89. The first kappa shape index (κ1) is 18.8. The van der Waals surface area contributed by atoms with Crippen LogP contribution in [-0.2, 0) is 19.4 Å². The Hall–Kier alpha value is -3.18. The van der Waals surface area contributed by atoms with Crippen molar-refractivity contribution in [3.8, 4) is 23.0 Å². The highest BCUT2D eigenvalue weighted by molar-refractivity contribution is 5.52. The van der Waals surface area contributed by atoms with Crippen molar-refractivity contribution in [3.05, 3.63) is 82.9 Å². The van der Waals surface area contributed by atoms with E-state index in [0.717, 1.165) is 53.5 Å². The maximum atomic E-state index is 6.25. The molecule has 2 aliphatic heterocycles. The molecule has 0 aliphatic carbocycles. The third-order valence-electron chi connectivity index (χ3n) is 5.73. The summed E-state index contributed by atoms with van der Waals surface area (Å²) in [4.78, 5) is 0. The Bertz CT molecular complexity index is 1030. The predicted molar refractivity (Wildman–Crippen MR) is 114 cm³/mol. The summed E-state index contributed by atoms with van der Waals surface area (Å²) in [6.07, 6.45) is 1.78. The highest BCUT2D eigenvalue weighted by atomic mass is 16.7. The molecule has 2 heterocycles. The summed E-state index contributed by atoms with van der Waals surface area (Å²) in [6, 6.07) is 20.7. The lowest BCUT2D eigenvalue weighted by Crippen LogP contribution is -2.31. The van der Waals surface area contributed by atoms with Crippen molar-refractivity contribution < 1.29 is 18.9 Å². The fourth-order valence-corrected chi connectivity index (χ4v) is 4.21. The zero-order valence-corrected chi connectivity index (χ0v) is 17.0. The summed E-state index contributed by atoms with van der Waals surface area (Å²) < 4.78 is 23.0. The normalized spacial score (nSPS) is 16.8. The van der Waals surface area contributed by atoms with Gasteiger partial charge in [0.25, 0.3) is 0 Å². The second kappa shape index (κ2) is 8.28. The average molecular weight is 403 g/mol. The van der Waals surface area contributed by atoms with Gasteiger partial charge in [-0.05, 0) is 59.8 Å². The van der Waals surface area contributed by atoms with Crippen LogP contribution in [0.3, 0.4) is 0 Å². The number of ether oxygens (including phenoxy) is 4. The molecule has 2 aliphatic rings. The van der Waals surface area contributed by atoms with Crippen LogP contribution in [0.4, 0.5) is 0 Å². The molecule has 0 radical (unpaired) electrons. The summed E-state index contributed by atoms with van der Waals surface area (Å²) in [6.45, 7) is 1.73. The second-order valence-corrected chi connectivity index (χ2v) is 7.59. The van der Waals surface area contributed by atoms with E-state index >= 15 is 0 Å². The van der Waals surface area contributed by atoms with Crippen LogP contribution in [0.25, 0.3) is 0 Å². The van der Waals surface area contributed by atoms with Gasteiger partial charge in [0.1, 0.15) is 6.61 Å². The summed E-state index contributed by atoms with van der Waals surface area (Å²) in [5, 5.41) is 3.66. The fourth-order valence-electron chi connectivity index (χ4n) is 4.21. The molecule has 0 saturated heterocycles. The minimum atomic E-state index is 0.175. The van der Waals surface area contributed by atoms with E-state index < -0.39 is 0 Å². The molecule has 0 amide bonds. The first-order valence-corrected chi connectivity index (χ1v) is 10.3. The summed E-state index contributed by atoms with van der Waals surface area (Å²) in [5.41, 5.74) is 4.83. The van der Waals surface area contributed by atoms with Crippen LogP contribution in [0.2, 0.25) is 0 Å². The van der Waals surface area contributed by atoms with E-state index in [9.17, 15) is 0 Å². The van der Waals surface area contributed by atoms with Crippen molar-refractivity contribution in [1.82, 2.24) is 5.32 Å². The van der Waals surface area contributed by atoms with Crippen molar-refractivity contribution in [1.29, 1.82) is 0 Å². The van der Waals surface area contributed by atoms with Gasteiger partial charge in [0.2, 0.25) is 6.79 Å². The van der Waals surface area contributed by atoms with Crippen LogP contribution < -0.4 is 24.3 Å². The Kier molecular flexibility index (Phi) is 5.20. The number of nitrogens with one attached hydrogen (secondary N) is 1. The Labute approximate surface area is 176 Å². The van der Waals surface area contributed by atoms with Crippen molar-refractivity contribution in [3.63, 3.8) is 0 Å². The average Bonchev–Trinajstić information content (AvgIpc) is 3.25. The largest absolute Gasteiger partial charge is 0.493 e.